The zero-order chi connectivity index (χ0) is 55.5. The van der Waals surface area contributed by atoms with E-state index in [9.17, 15) is 53.1 Å². The van der Waals surface area contributed by atoms with E-state index in [2.05, 4.69) is 67.5 Å². The van der Waals surface area contributed by atoms with Gasteiger partial charge >= 0.3 is 0 Å². The number of phenolic OH excluding ortho intramolecular Hbond substituents is 1. The molecule has 3 aromatic rings. The van der Waals surface area contributed by atoms with Gasteiger partial charge in [0.1, 0.15) is 48.0 Å². The second kappa shape index (κ2) is 29.3. The molecule has 2 aromatic carbocycles. The second-order valence-corrected chi connectivity index (χ2v) is 20.1. The van der Waals surface area contributed by atoms with Crippen LogP contribution in [0.3, 0.4) is 0 Å². The fourth-order valence-corrected chi connectivity index (χ4v) is 8.92. The maximum absolute atomic E-state index is 14.3. The van der Waals surface area contributed by atoms with Gasteiger partial charge in [0, 0.05) is 60.3 Å². The van der Waals surface area contributed by atoms with Crippen molar-refractivity contribution >= 4 is 95.2 Å². The summed E-state index contributed by atoms with van der Waals surface area (Å²) in [6.07, 6.45) is 2.60. The number of thiol groups is 2. The molecule has 1 aromatic heterocycles. The van der Waals surface area contributed by atoms with Crippen molar-refractivity contribution in [3.8, 4) is 5.75 Å². The molecule has 0 saturated carbocycles. The molecule has 410 valence electrons. The molecule has 0 unspecified atom stereocenters. The summed E-state index contributed by atoms with van der Waals surface area (Å²) in [5.74, 6) is -8.15. The number of nitrogens with zero attached hydrogens (tertiary/aromatic N) is 1. The summed E-state index contributed by atoms with van der Waals surface area (Å²) in [6.45, 7) is 8.56. The molecule has 9 atom stereocenters. The smallest absolute Gasteiger partial charge is 0.244 e. The number of likely N-dealkylation sites (tertiary alicyclic amines) is 1. The molecular formula is C51H73N11O11S2. The molecule has 2 heterocycles. The van der Waals surface area contributed by atoms with E-state index >= 15 is 0 Å². The Hall–Kier alpha value is -6.82. The highest BCUT2D eigenvalue weighted by atomic mass is 32.1. The van der Waals surface area contributed by atoms with Crippen LogP contribution >= 0.6 is 25.3 Å². The quantitative estimate of drug-likeness (QED) is 0.0411. The Morgan fingerprint density at radius 1 is 0.733 bits per heavy atom. The number of aromatic hydroxyl groups is 1. The summed E-state index contributed by atoms with van der Waals surface area (Å²) in [4.78, 5) is 139. The Kier molecular flexibility index (Phi) is 23.7. The molecule has 22 nitrogen and oxygen atoms in total. The van der Waals surface area contributed by atoms with E-state index in [0.717, 1.165) is 10.9 Å². The van der Waals surface area contributed by atoms with E-state index in [-0.39, 0.29) is 61.2 Å². The van der Waals surface area contributed by atoms with E-state index in [4.69, 9.17) is 11.5 Å². The van der Waals surface area contributed by atoms with Gasteiger partial charge in [-0.1, -0.05) is 71.4 Å². The van der Waals surface area contributed by atoms with Crippen LogP contribution in [0.25, 0.3) is 10.9 Å². The van der Waals surface area contributed by atoms with Crippen molar-refractivity contribution in [1.82, 2.24) is 47.1 Å². The van der Waals surface area contributed by atoms with Gasteiger partial charge in [-0.2, -0.15) is 25.3 Å². The summed E-state index contributed by atoms with van der Waals surface area (Å²) in [6, 6.07) is 4.78. The average molecular weight is 1080 g/mol. The first-order valence-corrected chi connectivity index (χ1v) is 26.3. The van der Waals surface area contributed by atoms with E-state index in [1.54, 1.807) is 45.2 Å². The number of benzene rings is 2. The number of aromatic nitrogens is 1. The van der Waals surface area contributed by atoms with Crippen molar-refractivity contribution < 1.29 is 53.1 Å². The largest absolute Gasteiger partial charge is 0.508 e. The number of nitrogens with one attached hydrogen (secondary N) is 8. The number of carbonyl (C=O) groups excluding carboxylic acids is 10. The molecule has 0 aliphatic carbocycles. The molecule has 0 bridgehead atoms. The second-order valence-electron chi connectivity index (χ2n) is 19.4. The number of phenols is 1. The van der Waals surface area contributed by atoms with Gasteiger partial charge in [0.2, 0.25) is 59.1 Å². The predicted octanol–water partition coefficient (Wildman–Crippen LogP) is 0.0134. The SMILES string of the molecule is CC[C@H](C)[C@H](NC(=O)[C@H](Cc1c[nH]c2ccccc12)NC(=O)[C@H](CS)NC(=O)[C@H](CC(C)C)NC(=O)CNC(=O)[C@H](Cc1ccc(O)cc1)NC(=O)[C@@H]1CCCN1C(=O)[C@@H](C)CS)C(=O)N[C@@H](CCC(N)=O)C(N)=O. The molecule has 24 heteroatoms. The number of amides is 10. The third kappa shape index (κ3) is 18.2. The molecule has 0 spiro atoms. The van der Waals surface area contributed by atoms with E-state index in [0.29, 0.717) is 36.9 Å². The molecule has 1 aliphatic heterocycles. The fraction of sp³-hybridized carbons (Fsp3) is 0.529. The highest BCUT2D eigenvalue weighted by molar-refractivity contribution is 7.80. The highest BCUT2D eigenvalue weighted by Gasteiger charge is 2.38. The first-order chi connectivity index (χ1) is 35.6. The Labute approximate surface area is 447 Å². The molecule has 4 rings (SSSR count). The van der Waals surface area contributed by atoms with Crippen LogP contribution < -0.4 is 48.7 Å². The number of fused-ring (bicyclic) bond motifs is 1. The number of hydrogen-bond acceptors (Lipinski definition) is 13. The summed E-state index contributed by atoms with van der Waals surface area (Å²) in [5, 5.41) is 29.1. The van der Waals surface area contributed by atoms with Crippen molar-refractivity contribution in [2.75, 3.05) is 24.6 Å². The van der Waals surface area contributed by atoms with Crippen LogP contribution in [0.4, 0.5) is 0 Å². The third-order valence-corrected chi connectivity index (χ3v) is 13.9. The van der Waals surface area contributed by atoms with Gasteiger partial charge < -0.3 is 63.7 Å². The van der Waals surface area contributed by atoms with Crippen molar-refractivity contribution in [2.45, 2.75) is 128 Å². The van der Waals surface area contributed by atoms with Gasteiger partial charge in [-0.15, -0.1) is 0 Å². The Balaban J connectivity index is 1.50. The molecule has 13 N–H and O–H groups in total. The molecule has 1 saturated heterocycles. The lowest BCUT2D eigenvalue weighted by Crippen LogP contribution is -2.61. The van der Waals surface area contributed by atoms with Gasteiger partial charge in [-0.05, 0) is 66.8 Å². The predicted molar refractivity (Wildman–Crippen MR) is 287 cm³/mol. The first-order valence-electron chi connectivity index (χ1n) is 25.1. The molecule has 75 heavy (non-hydrogen) atoms. The maximum Gasteiger partial charge on any atom is 0.244 e. The first kappa shape index (κ1) is 60.7. The van der Waals surface area contributed by atoms with Crippen molar-refractivity contribution in [2.24, 2.45) is 29.2 Å². The summed E-state index contributed by atoms with van der Waals surface area (Å²) in [7, 11) is 0. The zero-order valence-corrected chi connectivity index (χ0v) is 44.8. The number of nitrogens with two attached hydrogens (primary N) is 2. The Morgan fingerprint density at radius 2 is 1.36 bits per heavy atom. The Morgan fingerprint density at radius 3 is 1.99 bits per heavy atom. The molecule has 1 fully saturated rings. The van der Waals surface area contributed by atoms with E-state index in [1.165, 1.54) is 17.0 Å². The summed E-state index contributed by atoms with van der Waals surface area (Å²) < 4.78 is 0. The lowest BCUT2D eigenvalue weighted by atomic mass is 9.96. The number of hydrogen-bond donors (Lipinski definition) is 13. The lowest BCUT2D eigenvalue weighted by Gasteiger charge is -2.29. The molecule has 1 aliphatic rings. The van der Waals surface area contributed by atoms with Crippen LogP contribution in [0.5, 0.6) is 5.75 Å². The fourth-order valence-electron chi connectivity index (χ4n) is 8.51. The van der Waals surface area contributed by atoms with Gasteiger partial charge in [-0.3, -0.25) is 47.9 Å². The third-order valence-electron chi connectivity index (χ3n) is 13.0. The van der Waals surface area contributed by atoms with Crippen molar-refractivity contribution in [1.29, 1.82) is 0 Å². The number of primary amides is 2. The normalized spacial score (nSPS) is 16.5. The monoisotopic (exact) mass is 1080 g/mol. The van der Waals surface area contributed by atoms with Crippen molar-refractivity contribution in [3.63, 3.8) is 0 Å². The van der Waals surface area contributed by atoms with E-state index in [1.807, 2.05) is 32.0 Å². The van der Waals surface area contributed by atoms with E-state index < -0.39 is 114 Å². The maximum atomic E-state index is 14.3. The van der Waals surface area contributed by atoms with Crippen LogP contribution in [0.15, 0.2) is 54.7 Å². The van der Waals surface area contributed by atoms with Crippen LogP contribution in [0, 0.1) is 17.8 Å². The van der Waals surface area contributed by atoms with Crippen LogP contribution in [0.1, 0.15) is 84.3 Å². The minimum Gasteiger partial charge on any atom is -0.508 e. The Bertz CT molecular complexity index is 2510. The van der Waals surface area contributed by atoms with Crippen LogP contribution in [-0.4, -0.2) is 141 Å². The highest BCUT2D eigenvalue weighted by Crippen LogP contribution is 2.23. The minimum atomic E-state index is -1.36. The lowest BCUT2D eigenvalue weighted by molar-refractivity contribution is -0.141. The standard InChI is InChI=1S/C51H73N11O11S2/c1-6-28(4)43(50(72)57-35(44(53)66)17-18-41(52)64)61-47(69)38(22-31-23-54-34-11-8-7-10-33(31)34)58-48(70)39(26-75)60-46(68)36(20-27(2)3)56-42(65)24-55-45(67)37(21-30-13-15-32(63)16-14-30)59-49(71)40-12-9-19-62(40)51(73)29(5)25-74/h7-8,10-11,13-16,23,27-29,35-40,43,54,63,74-75H,6,9,12,17-22,24-26H2,1-5H3,(H2,52,64)(H2,53,66)(H,55,67)(H,56,65)(H,57,72)(H,58,70)(H,59,71)(H,60,68)(H,61,69)/t28-,29-,35-,36-,37-,38-,39-,40-,43-/m0/s1. The molecule has 0 radical (unpaired) electrons. The topological polar surface area (TPSA) is 346 Å². The number of rotatable bonds is 29. The minimum absolute atomic E-state index is 0.0121. The molecule has 10 amide bonds. The number of aromatic amines is 1. The summed E-state index contributed by atoms with van der Waals surface area (Å²) >= 11 is 8.58. The zero-order valence-electron chi connectivity index (χ0n) is 43.0. The number of para-hydroxylation sites is 1. The van der Waals surface area contributed by atoms with Gasteiger partial charge in [0.15, 0.2) is 0 Å². The van der Waals surface area contributed by atoms with Gasteiger partial charge in [0.05, 0.1) is 6.54 Å². The van der Waals surface area contributed by atoms with Crippen LogP contribution in [-0.2, 0) is 60.8 Å². The van der Waals surface area contributed by atoms with Crippen molar-refractivity contribution in [3.05, 3.63) is 65.9 Å². The van der Waals surface area contributed by atoms with Gasteiger partial charge in [-0.25, -0.2) is 0 Å². The number of H-pyrrole nitrogens is 1. The summed E-state index contributed by atoms with van der Waals surface area (Å²) in [5.41, 5.74) is 12.7. The van der Waals surface area contributed by atoms with Crippen LogP contribution in [0.2, 0.25) is 0 Å². The number of carbonyl (C=O) groups is 10. The van der Waals surface area contributed by atoms with Gasteiger partial charge in [0.25, 0.3) is 0 Å². The average Bonchev–Trinajstić information content (AvgIpc) is 4.04. The molecular weight excluding hydrogens is 1010 g/mol.